The van der Waals surface area contributed by atoms with E-state index in [9.17, 15) is 17.6 Å². The van der Waals surface area contributed by atoms with Crippen LogP contribution in [0.2, 0.25) is 0 Å². The third-order valence-corrected chi connectivity index (χ3v) is 6.91. The lowest BCUT2D eigenvalue weighted by Gasteiger charge is -2.24. The minimum absolute atomic E-state index is 0.0105. The van der Waals surface area contributed by atoms with Crippen molar-refractivity contribution in [1.29, 1.82) is 0 Å². The zero-order valence-corrected chi connectivity index (χ0v) is 19.4. The molecule has 0 bridgehead atoms. The van der Waals surface area contributed by atoms with E-state index in [1.54, 1.807) is 19.2 Å². The molecule has 0 aliphatic rings. The second kappa shape index (κ2) is 11.0. The first kappa shape index (κ1) is 24.3. The number of para-hydroxylation sites is 1. The molecule has 0 saturated heterocycles. The number of nitrogens with one attached hydrogen (secondary N) is 1. The van der Waals surface area contributed by atoms with Crippen LogP contribution in [0.25, 0.3) is 0 Å². The first-order valence-electron chi connectivity index (χ1n) is 10.5. The van der Waals surface area contributed by atoms with Gasteiger partial charge in [0.05, 0.1) is 17.7 Å². The lowest BCUT2D eigenvalue weighted by molar-refractivity contribution is -0.119. The fourth-order valence-corrected chi connectivity index (χ4v) is 4.72. The first-order chi connectivity index (χ1) is 15.8. The molecule has 174 valence electrons. The molecule has 0 aliphatic carbocycles. The van der Waals surface area contributed by atoms with Gasteiger partial charge in [-0.15, -0.1) is 0 Å². The lowest BCUT2D eigenvalue weighted by atomic mass is 10.1. The number of hydrogen-bond acceptors (Lipinski definition) is 4. The van der Waals surface area contributed by atoms with E-state index in [4.69, 9.17) is 4.74 Å². The fraction of sp³-hybridized carbons (Fsp3) is 0.240. The topological polar surface area (TPSA) is 75.7 Å². The van der Waals surface area contributed by atoms with Gasteiger partial charge in [-0.1, -0.05) is 42.0 Å². The predicted octanol–water partition coefficient (Wildman–Crippen LogP) is 4.09. The van der Waals surface area contributed by atoms with E-state index in [0.717, 1.165) is 27.6 Å². The second-order valence-electron chi connectivity index (χ2n) is 7.58. The highest BCUT2D eigenvalue weighted by molar-refractivity contribution is 7.92. The number of aryl methyl sites for hydroxylation is 2. The van der Waals surface area contributed by atoms with E-state index in [-0.39, 0.29) is 10.6 Å². The van der Waals surface area contributed by atoms with Crippen molar-refractivity contribution >= 4 is 21.6 Å². The standard InChI is InChI=1S/C25H27FN2O4S/c1-19-9-15-22(16-10-19)33(30,31)28(24-8-4-3-7-23(24)26)18-25(29)27-17-5-6-20-11-13-21(32-2)14-12-20/h3-4,7-16H,5-6,17-18H2,1-2H3,(H,27,29). The van der Waals surface area contributed by atoms with E-state index in [2.05, 4.69) is 5.32 Å². The normalized spacial score (nSPS) is 11.1. The summed E-state index contributed by atoms with van der Waals surface area (Å²) in [4.78, 5) is 12.6. The Balaban J connectivity index is 1.68. The second-order valence-corrected chi connectivity index (χ2v) is 9.44. The number of carbonyl (C=O) groups is 1. The van der Waals surface area contributed by atoms with Gasteiger partial charge < -0.3 is 10.1 Å². The summed E-state index contributed by atoms with van der Waals surface area (Å²) in [6.45, 7) is 1.67. The quantitative estimate of drug-likeness (QED) is 0.453. The number of amides is 1. The van der Waals surface area contributed by atoms with Crippen LogP contribution in [0.15, 0.2) is 77.7 Å². The molecule has 0 radical (unpaired) electrons. The smallest absolute Gasteiger partial charge is 0.264 e. The third-order valence-electron chi connectivity index (χ3n) is 5.14. The van der Waals surface area contributed by atoms with Crippen molar-refractivity contribution in [3.8, 4) is 5.75 Å². The van der Waals surface area contributed by atoms with Crippen molar-refractivity contribution < 1.29 is 22.3 Å². The van der Waals surface area contributed by atoms with Gasteiger partial charge in [0.25, 0.3) is 10.0 Å². The van der Waals surface area contributed by atoms with Crippen LogP contribution in [0.1, 0.15) is 17.5 Å². The summed E-state index contributed by atoms with van der Waals surface area (Å²) in [5, 5.41) is 2.74. The first-order valence-corrected chi connectivity index (χ1v) is 12.0. The predicted molar refractivity (Wildman–Crippen MR) is 126 cm³/mol. The van der Waals surface area contributed by atoms with Gasteiger partial charge in [-0.3, -0.25) is 9.10 Å². The SMILES string of the molecule is COc1ccc(CCCNC(=O)CN(c2ccccc2F)S(=O)(=O)c2ccc(C)cc2)cc1. The van der Waals surface area contributed by atoms with Crippen molar-refractivity contribution in [2.75, 3.05) is 24.5 Å². The Morgan fingerprint density at radius 1 is 1.00 bits per heavy atom. The van der Waals surface area contributed by atoms with Crippen molar-refractivity contribution in [3.63, 3.8) is 0 Å². The highest BCUT2D eigenvalue weighted by atomic mass is 32.2. The van der Waals surface area contributed by atoms with Gasteiger partial charge in [-0.2, -0.15) is 0 Å². The summed E-state index contributed by atoms with van der Waals surface area (Å²) in [6.07, 6.45) is 1.41. The number of nitrogens with zero attached hydrogens (tertiary/aromatic N) is 1. The lowest BCUT2D eigenvalue weighted by Crippen LogP contribution is -2.41. The highest BCUT2D eigenvalue weighted by Gasteiger charge is 2.29. The molecule has 0 spiro atoms. The average Bonchev–Trinajstić information content (AvgIpc) is 2.81. The molecule has 3 aromatic carbocycles. The Kier molecular flexibility index (Phi) is 8.06. The van der Waals surface area contributed by atoms with E-state index in [1.165, 1.54) is 36.4 Å². The molecular formula is C25H27FN2O4S. The molecule has 0 saturated carbocycles. The number of ether oxygens (including phenoxy) is 1. The third kappa shape index (κ3) is 6.32. The maximum atomic E-state index is 14.5. The molecule has 1 N–H and O–H groups in total. The fourth-order valence-electron chi connectivity index (χ4n) is 3.29. The Hall–Kier alpha value is -3.39. The van der Waals surface area contributed by atoms with Crippen LogP contribution in [0.4, 0.5) is 10.1 Å². The molecule has 0 unspecified atom stereocenters. The van der Waals surface area contributed by atoms with Crippen LogP contribution in [0.3, 0.4) is 0 Å². The number of anilines is 1. The zero-order valence-electron chi connectivity index (χ0n) is 18.6. The molecule has 0 heterocycles. The molecule has 33 heavy (non-hydrogen) atoms. The van der Waals surface area contributed by atoms with Crippen molar-refractivity contribution in [1.82, 2.24) is 5.32 Å². The van der Waals surface area contributed by atoms with Gasteiger partial charge in [0.2, 0.25) is 5.91 Å². The Labute approximate surface area is 194 Å². The molecule has 0 atom stereocenters. The number of benzene rings is 3. The maximum Gasteiger partial charge on any atom is 0.264 e. The Morgan fingerprint density at radius 2 is 1.67 bits per heavy atom. The maximum absolute atomic E-state index is 14.5. The van der Waals surface area contributed by atoms with E-state index >= 15 is 0 Å². The molecule has 3 aromatic rings. The molecule has 8 heteroatoms. The molecule has 0 aromatic heterocycles. The van der Waals surface area contributed by atoms with Crippen LogP contribution >= 0.6 is 0 Å². The number of halogens is 1. The molecule has 0 fully saturated rings. The number of rotatable bonds is 10. The zero-order chi connectivity index (χ0) is 23.8. The molecule has 0 aliphatic heterocycles. The number of sulfonamides is 1. The number of methoxy groups -OCH3 is 1. The van der Waals surface area contributed by atoms with Crippen LogP contribution in [-0.2, 0) is 21.2 Å². The molecule has 3 rings (SSSR count). The Bertz CT molecular complexity index is 1180. The van der Waals surface area contributed by atoms with Gasteiger partial charge in [0, 0.05) is 6.54 Å². The number of hydrogen-bond donors (Lipinski definition) is 1. The van der Waals surface area contributed by atoms with Gasteiger partial charge in [0.15, 0.2) is 0 Å². The van der Waals surface area contributed by atoms with E-state index in [0.29, 0.717) is 13.0 Å². The summed E-state index contributed by atoms with van der Waals surface area (Å²) in [6, 6.07) is 19.4. The van der Waals surface area contributed by atoms with Gasteiger partial charge in [-0.05, 0) is 61.7 Å². The van der Waals surface area contributed by atoms with Gasteiger partial charge >= 0.3 is 0 Å². The highest BCUT2D eigenvalue weighted by Crippen LogP contribution is 2.26. The van der Waals surface area contributed by atoms with Crippen LogP contribution in [-0.4, -0.2) is 34.5 Å². The van der Waals surface area contributed by atoms with Crippen LogP contribution in [0, 0.1) is 12.7 Å². The van der Waals surface area contributed by atoms with Gasteiger partial charge in [0.1, 0.15) is 18.1 Å². The van der Waals surface area contributed by atoms with Crippen molar-refractivity contribution in [2.24, 2.45) is 0 Å². The molecule has 1 amide bonds. The average molecular weight is 471 g/mol. The minimum atomic E-state index is -4.15. The largest absolute Gasteiger partial charge is 0.497 e. The monoisotopic (exact) mass is 470 g/mol. The molecule has 6 nitrogen and oxygen atoms in total. The van der Waals surface area contributed by atoms with Crippen molar-refractivity contribution in [3.05, 3.63) is 89.7 Å². The van der Waals surface area contributed by atoms with Crippen LogP contribution in [0.5, 0.6) is 5.75 Å². The summed E-state index contributed by atoms with van der Waals surface area (Å²) < 4.78 is 47.0. The summed E-state index contributed by atoms with van der Waals surface area (Å²) in [7, 11) is -2.54. The summed E-state index contributed by atoms with van der Waals surface area (Å²) in [5.41, 5.74) is 1.81. The Morgan fingerprint density at radius 3 is 2.30 bits per heavy atom. The summed E-state index contributed by atoms with van der Waals surface area (Å²) >= 11 is 0. The van der Waals surface area contributed by atoms with Gasteiger partial charge in [-0.25, -0.2) is 12.8 Å². The van der Waals surface area contributed by atoms with E-state index in [1.807, 2.05) is 31.2 Å². The van der Waals surface area contributed by atoms with E-state index < -0.39 is 28.3 Å². The number of carbonyl (C=O) groups excluding carboxylic acids is 1. The minimum Gasteiger partial charge on any atom is -0.497 e. The van der Waals surface area contributed by atoms with Crippen LogP contribution < -0.4 is 14.4 Å². The van der Waals surface area contributed by atoms with Crippen molar-refractivity contribution in [2.45, 2.75) is 24.7 Å². The molecular weight excluding hydrogens is 443 g/mol. The summed E-state index contributed by atoms with van der Waals surface area (Å²) in [5.74, 6) is -0.459.